The fourth-order valence-corrected chi connectivity index (χ4v) is 3.65. The molecular weight excluding hydrogens is 473 g/mol. The first kappa shape index (κ1) is 23.6. The summed E-state index contributed by atoms with van der Waals surface area (Å²) in [5.41, 5.74) is 3.66. The van der Waals surface area contributed by atoms with Gasteiger partial charge in [0.25, 0.3) is 0 Å². The molecule has 1 atom stereocenters. The standard InChI is InChI=1S/C23H33N5.HI/c1-3-24-23(25-14-13-20-12-11-19(2)26-17-20)27-18-22(28-15-7-8-16-28)21-9-5-4-6-10-21;/h4-6,9-12,17,22H,3,7-8,13-16,18H2,1-2H3,(H2,24,25,27);1H. The highest BCUT2D eigenvalue weighted by Crippen LogP contribution is 2.25. The second kappa shape index (κ2) is 12.8. The molecule has 0 aliphatic carbocycles. The minimum absolute atomic E-state index is 0. The quantitative estimate of drug-likeness (QED) is 0.323. The molecule has 29 heavy (non-hydrogen) atoms. The summed E-state index contributed by atoms with van der Waals surface area (Å²) in [5.74, 6) is 0.891. The molecule has 5 nitrogen and oxygen atoms in total. The van der Waals surface area contributed by atoms with Gasteiger partial charge in [-0.3, -0.25) is 14.9 Å². The van der Waals surface area contributed by atoms with Crippen LogP contribution in [0, 0.1) is 6.92 Å². The van der Waals surface area contributed by atoms with Crippen LogP contribution in [0.4, 0.5) is 0 Å². The molecule has 1 aromatic heterocycles. The fourth-order valence-electron chi connectivity index (χ4n) is 3.65. The second-order valence-electron chi connectivity index (χ2n) is 7.37. The molecule has 0 saturated carbocycles. The maximum atomic E-state index is 4.92. The summed E-state index contributed by atoms with van der Waals surface area (Å²) in [6.07, 6.45) is 5.47. The molecule has 0 radical (unpaired) electrons. The average molecular weight is 507 g/mol. The fraction of sp³-hybridized carbons (Fsp3) is 0.478. The Morgan fingerprint density at radius 2 is 1.86 bits per heavy atom. The van der Waals surface area contributed by atoms with Gasteiger partial charge in [-0.2, -0.15) is 0 Å². The van der Waals surface area contributed by atoms with Crippen molar-refractivity contribution in [3.63, 3.8) is 0 Å². The van der Waals surface area contributed by atoms with Gasteiger partial charge in [0.2, 0.25) is 0 Å². The first-order valence-corrected chi connectivity index (χ1v) is 10.5. The van der Waals surface area contributed by atoms with E-state index in [1.165, 1.54) is 37.1 Å². The highest BCUT2D eigenvalue weighted by molar-refractivity contribution is 14.0. The third-order valence-corrected chi connectivity index (χ3v) is 5.21. The van der Waals surface area contributed by atoms with Crippen LogP contribution in [0.2, 0.25) is 0 Å². The van der Waals surface area contributed by atoms with E-state index in [0.29, 0.717) is 6.04 Å². The van der Waals surface area contributed by atoms with Crippen LogP contribution in [0.5, 0.6) is 0 Å². The van der Waals surface area contributed by atoms with Crippen molar-refractivity contribution >= 4 is 29.9 Å². The first-order valence-electron chi connectivity index (χ1n) is 10.5. The summed E-state index contributed by atoms with van der Waals surface area (Å²) < 4.78 is 0. The van der Waals surface area contributed by atoms with Crippen molar-refractivity contribution in [3.05, 3.63) is 65.5 Å². The zero-order valence-electron chi connectivity index (χ0n) is 17.6. The maximum Gasteiger partial charge on any atom is 0.191 e. The van der Waals surface area contributed by atoms with E-state index >= 15 is 0 Å². The molecule has 3 rings (SSSR count). The van der Waals surface area contributed by atoms with Crippen LogP contribution < -0.4 is 10.6 Å². The van der Waals surface area contributed by atoms with Crippen LogP contribution in [-0.2, 0) is 6.42 Å². The van der Waals surface area contributed by atoms with Gasteiger partial charge in [0.05, 0.1) is 12.6 Å². The van der Waals surface area contributed by atoms with Crippen LogP contribution in [0.3, 0.4) is 0 Å². The van der Waals surface area contributed by atoms with Crippen molar-refractivity contribution in [2.24, 2.45) is 4.99 Å². The number of aryl methyl sites for hydroxylation is 1. The van der Waals surface area contributed by atoms with Gasteiger partial charge >= 0.3 is 0 Å². The van der Waals surface area contributed by atoms with Gasteiger partial charge < -0.3 is 10.6 Å². The molecule has 1 aromatic carbocycles. The van der Waals surface area contributed by atoms with Crippen LogP contribution in [0.1, 0.15) is 42.6 Å². The smallest absolute Gasteiger partial charge is 0.191 e. The van der Waals surface area contributed by atoms with E-state index < -0.39 is 0 Å². The normalized spacial score (nSPS) is 15.6. The number of aromatic nitrogens is 1. The molecule has 1 unspecified atom stereocenters. The van der Waals surface area contributed by atoms with Gasteiger partial charge in [0.15, 0.2) is 5.96 Å². The molecule has 2 N–H and O–H groups in total. The van der Waals surface area contributed by atoms with Gasteiger partial charge in [0, 0.05) is 25.0 Å². The largest absolute Gasteiger partial charge is 0.357 e. The number of nitrogens with zero attached hydrogens (tertiary/aromatic N) is 3. The average Bonchev–Trinajstić information content (AvgIpc) is 3.25. The Bertz CT molecular complexity index is 727. The predicted octanol–water partition coefficient (Wildman–Crippen LogP) is 3.94. The van der Waals surface area contributed by atoms with E-state index in [4.69, 9.17) is 4.99 Å². The molecule has 1 fully saturated rings. The lowest BCUT2D eigenvalue weighted by Crippen LogP contribution is -2.39. The molecule has 0 spiro atoms. The van der Waals surface area contributed by atoms with Crippen LogP contribution in [0.15, 0.2) is 53.7 Å². The van der Waals surface area contributed by atoms with Gasteiger partial charge in [-0.15, -0.1) is 24.0 Å². The zero-order valence-corrected chi connectivity index (χ0v) is 19.9. The number of guanidine groups is 1. The molecule has 2 heterocycles. The van der Waals surface area contributed by atoms with Gasteiger partial charge in [-0.05, 0) is 63.4 Å². The SMILES string of the molecule is CCNC(=NCC(c1ccccc1)N1CCCC1)NCCc1ccc(C)nc1.I. The molecule has 6 heteroatoms. The van der Waals surface area contributed by atoms with Crippen molar-refractivity contribution in [1.82, 2.24) is 20.5 Å². The predicted molar refractivity (Wildman–Crippen MR) is 132 cm³/mol. The van der Waals surface area contributed by atoms with Crippen molar-refractivity contribution in [3.8, 4) is 0 Å². The summed E-state index contributed by atoms with van der Waals surface area (Å²) in [6.45, 7) is 8.93. The Kier molecular flexibility index (Phi) is 10.4. The third kappa shape index (κ3) is 7.59. The van der Waals surface area contributed by atoms with E-state index in [9.17, 15) is 0 Å². The van der Waals surface area contributed by atoms with Gasteiger partial charge in [0.1, 0.15) is 0 Å². The molecule has 1 aliphatic rings. The Morgan fingerprint density at radius 1 is 1.10 bits per heavy atom. The number of nitrogens with one attached hydrogen (secondary N) is 2. The van der Waals surface area contributed by atoms with Gasteiger partial charge in [-0.25, -0.2) is 0 Å². The van der Waals surface area contributed by atoms with E-state index in [0.717, 1.165) is 37.7 Å². The number of aliphatic imine (C=N–C) groups is 1. The molecule has 1 saturated heterocycles. The van der Waals surface area contributed by atoms with E-state index in [1.807, 2.05) is 13.1 Å². The van der Waals surface area contributed by atoms with E-state index in [-0.39, 0.29) is 24.0 Å². The van der Waals surface area contributed by atoms with Crippen molar-refractivity contribution < 1.29 is 0 Å². The topological polar surface area (TPSA) is 52.6 Å². The molecule has 158 valence electrons. The van der Waals surface area contributed by atoms with Crippen LogP contribution in [-0.4, -0.2) is 48.6 Å². The minimum Gasteiger partial charge on any atom is -0.357 e. The van der Waals surface area contributed by atoms with E-state index in [2.05, 4.69) is 69.9 Å². The number of benzene rings is 1. The second-order valence-corrected chi connectivity index (χ2v) is 7.37. The number of hydrogen-bond acceptors (Lipinski definition) is 3. The molecular formula is C23H34IN5. The summed E-state index contributed by atoms with van der Waals surface area (Å²) in [7, 11) is 0. The molecule has 0 amide bonds. The molecule has 2 aromatic rings. The van der Waals surface area contributed by atoms with Crippen molar-refractivity contribution in [2.45, 2.75) is 39.2 Å². The van der Waals surface area contributed by atoms with Crippen LogP contribution >= 0.6 is 24.0 Å². The highest BCUT2D eigenvalue weighted by Gasteiger charge is 2.23. The van der Waals surface area contributed by atoms with Crippen molar-refractivity contribution in [2.75, 3.05) is 32.7 Å². The monoisotopic (exact) mass is 507 g/mol. The number of pyridine rings is 1. The summed E-state index contributed by atoms with van der Waals surface area (Å²) >= 11 is 0. The zero-order chi connectivity index (χ0) is 19.6. The summed E-state index contributed by atoms with van der Waals surface area (Å²) in [4.78, 5) is 11.9. The summed E-state index contributed by atoms with van der Waals surface area (Å²) in [5, 5.41) is 6.85. The Morgan fingerprint density at radius 3 is 2.52 bits per heavy atom. The molecule has 0 bridgehead atoms. The highest BCUT2D eigenvalue weighted by atomic mass is 127. The maximum absolute atomic E-state index is 4.92. The number of halogens is 1. The Hall–Kier alpha value is -1.67. The van der Waals surface area contributed by atoms with Crippen LogP contribution in [0.25, 0.3) is 0 Å². The summed E-state index contributed by atoms with van der Waals surface area (Å²) in [6, 6.07) is 15.3. The lowest BCUT2D eigenvalue weighted by Gasteiger charge is -2.27. The van der Waals surface area contributed by atoms with Crippen molar-refractivity contribution in [1.29, 1.82) is 0 Å². The number of likely N-dealkylation sites (tertiary alicyclic amines) is 1. The van der Waals surface area contributed by atoms with Gasteiger partial charge in [-0.1, -0.05) is 36.4 Å². The molecule has 1 aliphatic heterocycles. The first-order chi connectivity index (χ1) is 13.8. The van der Waals surface area contributed by atoms with E-state index in [1.54, 1.807) is 0 Å². The lowest BCUT2D eigenvalue weighted by atomic mass is 10.1. The number of hydrogen-bond donors (Lipinski definition) is 2. The Balaban J connectivity index is 0.00000300. The lowest BCUT2D eigenvalue weighted by molar-refractivity contribution is 0.251. The number of rotatable bonds is 8. The Labute approximate surface area is 192 Å². The third-order valence-electron chi connectivity index (χ3n) is 5.21. The minimum atomic E-state index is 0.